The molecule has 0 spiro atoms. The van der Waals surface area contributed by atoms with Crippen LogP contribution < -0.4 is 16.0 Å². The van der Waals surface area contributed by atoms with Gasteiger partial charge in [-0.05, 0) is 33.6 Å². The van der Waals surface area contributed by atoms with Gasteiger partial charge in [-0.15, -0.1) is 10.2 Å². The lowest BCUT2D eigenvalue weighted by atomic mass is 10.4. The Morgan fingerprint density at radius 1 is 1.29 bits per heavy atom. The Kier molecular flexibility index (Phi) is 5.40. The molecular weight excluding hydrogens is 310 g/mol. The Hall–Kier alpha value is -1.35. The van der Waals surface area contributed by atoms with Gasteiger partial charge in [-0.2, -0.15) is 0 Å². The number of nitrogens with one attached hydrogen (secondary N) is 3. The molecule has 0 aliphatic heterocycles. The highest BCUT2D eigenvalue weighted by Crippen LogP contribution is 2.31. The molecule has 1 fully saturated rings. The Morgan fingerprint density at radius 2 is 2.00 bits per heavy atom. The number of thioether (sulfide) groups is 1. The Morgan fingerprint density at radius 3 is 2.62 bits per heavy atom. The van der Waals surface area contributed by atoms with E-state index in [1.54, 1.807) is 6.92 Å². The van der Waals surface area contributed by atoms with Gasteiger partial charge in [-0.1, -0.05) is 23.1 Å². The number of imide groups is 1. The summed E-state index contributed by atoms with van der Waals surface area (Å²) in [6, 6.07) is 0.0343. The van der Waals surface area contributed by atoms with Crippen LogP contribution in [-0.4, -0.2) is 39.5 Å². The van der Waals surface area contributed by atoms with Crippen molar-refractivity contribution in [2.45, 2.75) is 55.3 Å². The van der Waals surface area contributed by atoms with Crippen molar-refractivity contribution in [2.75, 3.05) is 5.32 Å². The van der Waals surface area contributed by atoms with E-state index in [2.05, 4.69) is 26.1 Å². The van der Waals surface area contributed by atoms with E-state index in [4.69, 9.17) is 0 Å². The highest BCUT2D eigenvalue weighted by molar-refractivity contribution is 8.02. The van der Waals surface area contributed by atoms with E-state index in [1.165, 1.54) is 35.9 Å². The van der Waals surface area contributed by atoms with Gasteiger partial charge in [0.1, 0.15) is 0 Å². The van der Waals surface area contributed by atoms with Crippen LogP contribution in [0.5, 0.6) is 0 Å². The highest BCUT2D eigenvalue weighted by atomic mass is 32.2. The molecule has 3 amide bonds. The maximum Gasteiger partial charge on any atom is 0.321 e. The summed E-state index contributed by atoms with van der Waals surface area (Å²) in [5.41, 5.74) is 0. The molecule has 9 heteroatoms. The molecule has 1 aliphatic rings. The largest absolute Gasteiger partial charge is 0.357 e. The molecule has 1 atom stereocenters. The molecule has 0 aromatic carbocycles. The van der Waals surface area contributed by atoms with E-state index in [9.17, 15) is 9.59 Å². The third-order valence-corrected chi connectivity index (χ3v) is 4.65. The monoisotopic (exact) mass is 329 g/mol. The van der Waals surface area contributed by atoms with Crippen molar-refractivity contribution < 1.29 is 9.59 Å². The first-order chi connectivity index (χ1) is 9.94. The van der Waals surface area contributed by atoms with Crippen LogP contribution in [0.15, 0.2) is 4.34 Å². The fourth-order valence-electron chi connectivity index (χ4n) is 1.43. The van der Waals surface area contributed by atoms with Crippen molar-refractivity contribution in [2.24, 2.45) is 0 Å². The summed E-state index contributed by atoms with van der Waals surface area (Å²) < 4.78 is 0.713. The second-order valence-electron chi connectivity index (χ2n) is 5.17. The van der Waals surface area contributed by atoms with Crippen LogP contribution >= 0.6 is 23.1 Å². The number of urea groups is 1. The summed E-state index contributed by atoms with van der Waals surface area (Å²) in [7, 11) is 0. The summed E-state index contributed by atoms with van der Waals surface area (Å²) >= 11 is 2.72. The summed E-state index contributed by atoms with van der Waals surface area (Å²) in [5.74, 6) is -0.343. The van der Waals surface area contributed by atoms with Gasteiger partial charge in [0.25, 0.3) is 0 Å². The van der Waals surface area contributed by atoms with E-state index in [0.29, 0.717) is 10.4 Å². The minimum absolute atomic E-state index is 0.0139. The first-order valence-electron chi connectivity index (χ1n) is 6.82. The maximum atomic E-state index is 11.9. The van der Waals surface area contributed by atoms with Crippen LogP contribution in [0, 0.1) is 0 Å². The topological polar surface area (TPSA) is 96.0 Å². The summed E-state index contributed by atoms with van der Waals surface area (Å²) in [6.45, 7) is 5.40. The van der Waals surface area contributed by atoms with Crippen molar-refractivity contribution in [1.82, 2.24) is 20.8 Å². The van der Waals surface area contributed by atoms with E-state index in [-0.39, 0.29) is 11.9 Å². The number of carbonyl (C=O) groups excluding carboxylic acids is 2. The molecule has 1 aromatic rings. The summed E-state index contributed by atoms with van der Waals surface area (Å²) in [5, 5.41) is 16.6. The molecule has 7 nitrogen and oxygen atoms in total. The van der Waals surface area contributed by atoms with E-state index < -0.39 is 11.3 Å². The number of nitrogens with zero attached hydrogens (tertiary/aromatic N) is 2. The zero-order valence-corrected chi connectivity index (χ0v) is 13.8. The lowest BCUT2D eigenvalue weighted by Gasteiger charge is -2.11. The lowest BCUT2D eigenvalue weighted by Crippen LogP contribution is -2.45. The fraction of sp³-hybridized carbons (Fsp3) is 0.667. The Balaban J connectivity index is 1.79. The van der Waals surface area contributed by atoms with Gasteiger partial charge in [0.15, 0.2) is 4.34 Å². The second-order valence-corrected chi connectivity index (χ2v) is 7.73. The number of carbonyl (C=O) groups is 2. The molecule has 1 aromatic heterocycles. The first-order valence-corrected chi connectivity index (χ1v) is 8.51. The van der Waals surface area contributed by atoms with Gasteiger partial charge in [0.2, 0.25) is 11.0 Å². The second kappa shape index (κ2) is 7.08. The van der Waals surface area contributed by atoms with Gasteiger partial charge >= 0.3 is 6.03 Å². The predicted octanol–water partition coefficient (Wildman–Crippen LogP) is 1.83. The summed E-state index contributed by atoms with van der Waals surface area (Å²) in [6.07, 6.45) is 2.34. The number of hydrogen-bond donors (Lipinski definition) is 3. The van der Waals surface area contributed by atoms with Gasteiger partial charge in [-0.3, -0.25) is 10.1 Å². The molecule has 1 aliphatic carbocycles. The molecule has 2 rings (SSSR count). The first kappa shape index (κ1) is 16.0. The summed E-state index contributed by atoms with van der Waals surface area (Å²) in [4.78, 5) is 23.3. The standard InChI is InChI=1S/C12H19N5O2S2/c1-6(2)13-10(19)15-9(18)7(3)20-12-17-16-11(21-12)14-8-4-5-8/h6-8H,4-5H2,1-3H3,(H,14,16)(H2,13,15,18,19). The van der Waals surface area contributed by atoms with Crippen molar-refractivity contribution in [3.8, 4) is 0 Å². The van der Waals surface area contributed by atoms with Crippen molar-refractivity contribution in [1.29, 1.82) is 0 Å². The van der Waals surface area contributed by atoms with E-state index >= 15 is 0 Å². The smallest absolute Gasteiger partial charge is 0.321 e. The molecule has 116 valence electrons. The average Bonchev–Trinajstić information content (AvgIpc) is 3.07. The van der Waals surface area contributed by atoms with Crippen molar-refractivity contribution in [3.05, 3.63) is 0 Å². The lowest BCUT2D eigenvalue weighted by molar-refractivity contribution is -0.119. The zero-order chi connectivity index (χ0) is 15.4. The van der Waals surface area contributed by atoms with Gasteiger partial charge in [0, 0.05) is 12.1 Å². The minimum Gasteiger partial charge on any atom is -0.357 e. The molecule has 21 heavy (non-hydrogen) atoms. The quantitative estimate of drug-likeness (QED) is 0.689. The van der Waals surface area contributed by atoms with Crippen LogP contribution in [0.1, 0.15) is 33.6 Å². The fourth-order valence-corrected chi connectivity index (χ4v) is 3.41. The number of anilines is 1. The van der Waals surface area contributed by atoms with Crippen molar-refractivity contribution in [3.63, 3.8) is 0 Å². The number of rotatable bonds is 6. The van der Waals surface area contributed by atoms with E-state index in [1.807, 2.05) is 13.8 Å². The molecular formula is C12H19N5O2S2. The zero-order valence-electron chi connectivity index (χ0n) is 12.2. The predicted molar refractivity (Wildman–Crippen MR) is 83.7 cm³/mol. The highest BCUT2D eigenvalue weighted by Gasteiger charge is 2.23. The molecule has 1 saturated carbocycles. The number of aromatic nitrogens is 2. The van der Waals surface area contributed by atoms with Crippen LogP contribution in [0.2, 0.25) is 0 Å². The maximum absolute atomic E-state index is 11.9. The average molecular weight is 329 g/mol. The molecule has 1 heterocycles. The minimum atomic E-state index is -0.476. The third kappa shape index (κ3) is 5.50. The van der Waals surface area contributed by atoms with Crippen LogP contribution in [0.3, 0.4) is 0 Å². The molecule has 0 saturated heterocycles. The number of hydrogen-bond acceptors (Lipinski definition) is 7. The normalized spacial score (nSPS) is 15.6. The van der Waals surface area contributed by atoms with Crippen molar-refractivity contribution >= 4 is 40.2 Å². The van der Waals surface area contributed by atoms with Gasteiger partial charge < -0.3 is 10.6 Å². The Labute approximate surface area is 131 Å². The van der Waals surface area contributed by atoms with Gasteiger partial charge in [-0.25, -0.2) is 4.79 Å². The number of amides is 3. The van der Waals surface area contributed by atoms with Crippen LogP contribution in [0.25, 0.3) is 0 Å². The van der Waals surface area contributed by atoms with Crippen LogP contribution in [0.4, 0.5) is 9.93 Å². The molecule has 1 unspecified atom stereocenters. The Bertz CT molecular complexity index is 516. The van der Waals surface area contributed by atoms with E-state index in [0.717, 1.165) is 5.13 Å². The molecule has 0 radical (unpaired) electrons. The molecule has 0 bridgehead atoms. The van der Waals surface area contributed by atoms with Crippen LogP contribution in [-0.2, 0) is 4.79 Å². The molecule has 3 N–H and O–H groups in total. The van der Waals surface area contributed by atoms with Gasteiger partial charge in [0.05, 0.1) is 5.25 Å². The SMILES string of the molecule is CC(C)NC(=O)NC(=O)C(C)Sc1nnc(NC2CC2)s1. The third-order valence-electron chi connectivity index (χ3n) is 2.61.